The third kappa shape index (κ3) is 4.98. The highest BCUT2D eigenvalue weighted by Crippen LogP contribution is 2.22. The first-order valence-corrected chi connectivity index (χ1v) is 9.70. The van der Waals surface area contributed by atoms with Gasteiger partial charge in [0.2, 0.25) is 17.7 Å². The summed E-state index contributed by atoms with van der Waals surface area (Å²) in [5, 5.41) is 8.32. The first kappa shape index (κ1) is 19.6. The second kappa shape index (κ2) is 8.71. The molecule has 0 spiro atoms. The van der Waals surface area contributed by atoms with Crippen LogP contribution in [0.15, 0.2) is 27.8 Å². The predicted molar refractivity (Wildman–Crippen MR) is 97.6 cm³/mol. The zero-order chi connectivity index (χ0) is 19.4. The summed E-state index contributed by atoms with van der Waals surface area (Å²) in [6, 6.07) is 4.40. The quantitative estimate of drug-likeness (QED) is 0.650. The van der Waals surface area contributed by atoms with Crippen LogP contribution in [0.2, 0.25) is 5.02 Å². The number of nitrogens with zero attached hydrogens (tertiary/aromatic N) is 4. The van der Waals surface area contributed by atoms with Crippen LogP contribution >= 0.6 is 23.4 Å². The van der Waals surface area contributed by atoms with E-state index < -0.39 is 5.82 Å². The molecule has 10 heteroatoms. The highest BCUT2D eigenvalue weighted by Gasteiger charge is 2.23. The monoisotopic (exact) mass is 412 g/mol. The third-order valence-corrected chi connectivity index (χ3v) is 5.30. The van der Waals surface area contributed by atoms with Crippen LogP contribution in [0.3, 0.4) is 0 Å². The van der Waals surface area contributed by atoms with Gasteiger partial charge in [0.15, 0.2) is 0 Å². The molecule has 2 amide bonds. The lowest BCUT2D eigenvalue weighted by molar-refractivity contribution is -0.128. The zero-order valence-corrected chi connectivity index (χ0v) is 16.2. The molecule has 1 aliphatic heterocycles. The average Bonchev–Trinajstić information content (AvgIpc) is 3.25. The second-order valence-corrected chi connectivity index (χ2v) is 7.45. The van der Waals surface area contributed by atoms with E-state index in [1.165, 1.54) is 17.0 Å². The molecule has 2 heterocycles. The fraction of sp³-hybridized carbons (Fsp3) is 0.412. The van der Waals surface area contributed by atoms with E-state index in [1.807, 2.05) is 0 Å². The molecule has 0 saturated carbocycles. The van der Waals surface area contributed by atoms with Crippen LogP contribution in [-0.4, -0.2) is 51.2 Å². The summed E-state index contributed by atoms with van der Waals surface area (Å²) in [5.74, 6) is -0.202. The molecule has 3 rings (SSSR count). The van der Waals surface area contributed by atoms with Crippen molar-refractivity contribution in [1.82, 2.24) is 20.0 Å². The van der Waals surface area contributed by atoms with E-state index in [4.69, 9.17) is 16.0 Å². The van der Waals surface area contributed by atoms with Crippen LogP contribution in [0.1, 0.15) is 24.3 Å². The van der Waals surface area contributed by atoms with Crippen molar-refractivity contribution >= 4 is 35.2 Å². The maximum absolute atomic E-state index is 13.8. The largest absolute Gasteiger partial charge is 0.414 e. The predicted octanol–water partition coefficient (Wildman–Crippen LogP) is 2.74. The molecule has 27 heavy (non-hydrogen) atoms. The molecule has 0 atom stereocenters. The molecule has 0 radical (unpaired) electrons. The number of halogens is 2. The van der Waals surface area contributed by atoms with Crippen molar-refractivity contribution in [2.75, 3.05) is 19.3 Å². The van der Waals surface area contributed by atoms with Crippen molar-refractivity contribution in [2.24, 2.45) is 0 Å². The van der Waals surface area contributed by atoms with Crippen LogP contribution in [0, 0.1) is 5.82 Å². The minimum Gasteiger partial charge on any atom is -0.414 e. The Hall–Kier alpha value is -2.13. The molecule has 2 aromatic rings. The Morgan fingerprint density at radius 3 is 2.96 bits per heavy atom. The van der Waals surface area contributed by atoms with E-state index in [1.54, 1.807) is 18.0 Å². The summed E-state index contributed by atoms with van der Waals surface area (Å²) >= 11 is 7.08. The molecular formula is C17H18ClFN4O3S. The molecule has 0 aliphatic carbocycles. The smallest absolute Gasteiger partial charge is 0.277 e. The molecule has 1 fully saturated rings. The van der Waals surface area contributed by atoms with Gasteiger partial charge >= 0.3 is 0 Å². The molecule has 1 aromatic heterocycles. The number of carbonyl (C=O) groups is 2. The number of benzene rings is 1. The van der Waals surface area contributed by atoms with Gasteiger partial charge in [-0.25, -0.2) is 4.39 Å². The number of carbonyl (C=O) groups excluding carboxylic acids is 2. The van der Waals surface area contributed by atoms with E-state index in [-0.39, 0.29) is 46.5 Å². The normalized spacial score (nSPS) is 14.0. The molecule has 0 N–H and O–H groups in total. The average molecular weight is 413 g/mol. The van der Waals surface area contributed by atoms with E-state index in [0.29, 0.717) is 18.9 Å². The first-order chi connectivity index (χ1) is 12.9. The van der Waals surface area contributed by atoms with E-state index in [2.05, 4.69) is 10.2 Å². The van der Waals surface area contributed by atoms with Gasteiger partial charge in [-0.15, -0.1) is 10.2 Å². The lowest BCUT2D eigenvalue weighted by Gasteiger charge is -2.17. The summed E-state index contributed by atoms with van der Waals surface area (Å²) in [4.78, 5) is 26.9. The maximum Gasteiger partial charge on any atom is 0.277 e. The molecule has 0 unspecified atom stereocenters. The van der Waals surface area contributed by atoms with Crippen molar-refractivity contribution in [3.05, 3.63) is 40.5 Å². The number of hydrogen-bond donors (Lipinski definition) is 0. The van der Waals surface area contributed by atoms with Crippen molar-refractivity contribution in [2.45, 2.75) is 31.2 Å². The number of rotatable bonds is 7. The van der Waals surface area contributed by atoms with Gasteiger partial charge < -0.3 is 14.2 Å². The Labute approximate surface area is 164 Å². The topological polar surface area (TPSA) is 79.5 Å². The van der Waals surface area contributed by atoms with Crippen molar-refractivity contribution < 1.29 is 18.4 Å². The Bertz CT molecular complexity index is 827. The Kier molecular flexibility index (Phi) is 6.33. The fourth-order valence-corrected chi connectivity index (χ4v) is 3.58. The molecule has 1 saturated heterocycles. The number of aromatic nitrogens is 2. The number of amides is 2. The van der Waals surface area contributed by atoms with Gasteiger partial charge in [-0.3, -0.25) is 9.59 Å². The molecular weight excluding hydrogens is 395 g/mol. The number of likely N-dealkylation sites (tertiary alicyclic amines) is 1. The van der Waals surface area contributed by atoms with Crippen LogP contribution in [0.25, 0.3) is 0 Å². The van der Waals surface area contributed by atoms with Crippen molar-refractivity contribution in [3.63, 3.8) is 0 Å². The van der Waals surface area contributed by atoms with E-state index in [0.717, 1.165) is 18.2 Å². The second-order valence-electron chi connectivity index (χ2n) is 6.12. The molecule has 144 valence electrons. The lowest BCUT2D eigenvalue weighted by Crippen LogP contribution is -2.28. The summed E-state index contributed by atoms with van der Waals surface area (Å²) < 4.78 is 19.3. The fourth-order valence-electron chi connectivity index (χ4n) is 2.64. The summed E-state index contributed by atoms with van der Waals surface area (Å²) in [7, 11) is 1.57. The minimum absolute atomic E-state index is 0.0624. The van der Waals surface area contributed by atoms with E-state index >= 15 is 0 Å². The molecule has 1 aliphatic rings. The van der Waals surface area contributed by atoms with Crippen molar-refractivity contribution in [1.29, 1.82) is 0 Å². The van der Waals surface area contributed by atoms with Gasteiger partial charge in [0.05, 0.1) is 12.3 Å². The van der Waals surface area contributed by atoms with Crippen molar-refractivity contribution in [3.8, 4) is 0 Å². The number of hydrogen-bond acceptors (Lipinski definition) is 6. The highest BCUT2D eigenvalue weighted by molar-refractivity contribution is 7.99. The number of thioether (sulfide) groups is 1. The zero-order valence-electron chi connectivity index (χ0n) is 14.7. The van der Waals surface area contributed by atoms with Crippen LogP contribution in [0.5, 0.6) is 0 Å². The van der Waals surface area contributed by atoms with Crippen LogP contribution in [0.4, 0.5) is 4.39 Å². The van der Waals surface area contributed by atoms with Gasteiger partial charge in [-0.2, -0.15) is 0 Å². The van der Waals surface area contributed by atoms with Gasteiger partial charge in [0.1, 0.15) is 5.82 Å². The SMILES string of the molecule is CN(Cc1c(F)cccc1Cl)C(=O)CSc1nnc(CN2CCCC2=O)o1. The third-order valence-electron chi connectivity index (χ3n) is 4.15. The molecule has 1 aromatic carbocycles. The first-order valence-electron chi connectivity index (χ1n) is 8.34. The van der Waals surface area contributed by atoms with Crippen LogP contribution < -0.4 is 0 Å². The summed E-state index contributed by atoms with van der Waals surface area (Å²) in [6.45, 7) is 1.04. The Balaban J connectivity index is 1.51. The maximum atomic E-state index is 13.8. The minimum atomic E-state index is -0.451. The van der Waals surface area contributed by atoms with Gasteiger partial charge in [-0.1, -0.05) is 29.4 Å². The van der Waals surface area contributed by atoms with Gasteiger partial charge in [-0.05, 0) is 18.6 Å². The Morgan fingerprint density at radius 2 is 2.26 bits per heavy atom. The highest BCUT2D eigenvalue weighted by atomic mass is 35.5. The summed E-state index contributed by atoms with van der Waals surface area (Å²) in [5.41, 5.74) is 0.273. The van der Waals surface area contributed by atoms with Gasteiger partial charge in [0.25, 0.3) is 5.22 Å². The van der Waals surface area contributed by atoms with E-state index in [9.17, 15) is 14.0 Å². The standard InChI is InChI=1S/C17H18ClFN4O3S/c1-22(8-11-12(18)4-2-5-13(11)19)16(25)10-27-17-21-20-14(26-17)9-23-7-3-6-15(23)24/h2,4-5H,3,6-10H2,1H3. The van der Waals surface area contributed by atoms with Gasteiger partial charge in [0, 0.05) is 37.1 Å². The molecule has 7 nitrogen and oxygen atoms in total. The molecule has 0 bridgehead atoms. The summed E-state index contributed by atoms with van der Waals surface area (Å²) in [6.07, 6.45) is 1.38. The Morgan fingerprint density at radius 1 is 1.44 bits per heavy atom. The van der Waals surface area contributed by atoms with Crippen LogP contribution in [-0.2, 0) is 22.7 Å². The lowest BCUT2D eigenvalue weighted by atomic mass is 10.2.